The van der Waals surface area contributed by atoms with Gasteiger partial charge in [-0.05, 0) is 24.3 Å². The maximum Gasteiger partial charge on any atom is 0.156 e. The van der Waals surface area contributed by atoms with Gasteiger partial charge in [-0.25, -0.2) is 0 Å². The van der Waals surface area contributed by atoms with Gasteiger partial charge in [0.25, 0.3) is 0 Å². The summed E-state index contributed by atoms with van der Waals surface area (Å²) in [4.78, 5) is 0. The Morgan fingerprint density at radius 3 is 2.53 bits per heavy atom. The summed E-state index contributed by atoms with van der Waals surface area (Å²) in [5, 5.41) is 21.6. The first-order valence-corrected chi connectivity index (χ1v) is 4.37. The van der Waals surface area contributed by atoms with E-state index in [9.17, 15) is 5.11 Å². The van der Waals surface area contributed by atoms with Gasteiger partial charge in [-0.3, -0.25) is 0 Å². The van der Waals surface area contributed by atoms with Gasteiger partial charge in [-0.2, -0.15) is 0 Å². The molecule has 0 saturated carbocycles. The van der Waals surface area contributed by atoms with Crippen LogP contribution < -0.4 is 0 Å². The van der Waals surface area contributed by atoms with Crippen LogP contribution in [-0.2, 0) is 0 Å². The van der Waals surface area contributed by atoms with Crippen LogP contribution in [-0.4, -0.2) is 16.0 Å². The highest BCUT2D eigenvalue weighted by Crippen LogP contribution is 2.20. The van der Waals surface area contributed by atoms with Crippen LogP contribution in [0.2, 0.25) is 0 Å². The molecule has 2 aromatic rings. The van der Waals surface area contributed by atoms with E-state index in [0.717, 1.165) is 0 Å². The lowest BCUT2D eigenvalue weighted by molar-refractivity contribution is 0.318. The topological polar surface area (TPSA) is 66.0 Å². The summed E-state index contributed by atoms with van der Waals surface area (Å²) in [5.41, 5.74) is 0.632. The van der Waals surface area contributed by atoms with E-state index in [4.69, 9.17) is 9.62 Å². The molecule has 0 aliphatic rings. The second-order valence-electron chi connectivity index (χ2n) is 2.94. The molecule has 0 saturated heterocycles. The van der Waals surface area contributed by atoms with E-state index in [2.05, 4.69) is 5.16 Å². The van der Waals surface area contributed by atoms with Crippen LogP contribution in [0, 0.1) is 0 Å². The molecule has 0 radical (unpaired) electrons. The van der Waals surface area contributed by atoms with Crippen LogP contribution in [0.5, 0.6) is 5.75 Å². The number of nitrogens with zero attached hydrogens (tertiary/aromatic N) is 1. The maximum atomic E-state index is 9.58. The number of benzene rings is 1. The average molecular weight is 203 g/mol. The molecule has 4 nitrogen and oxygen atoms in total. The van der Waals surface area contributed by atoms with E-state index < -0.39 is 0 Å². The summed E-state index contributed by atoms with van der Waals surface area (Å²) in [7, 11) is 0. The van der Waals surface area contributed by atoms with E-state index in [0.29, 0.717) is 11.3 Å². The van der Waals surface area contributed by atoms with Crippen molar-refractivity contribution in [1.29, 1.82) is 0 Å². The van der Waals surface area contributed by atoms with Crippen LogP contribution in [0.15, 0.2) is 52.2 Å². The highest BCUT2D eigenvalue weighted by molar-refractivity contribution is 6.12. The Hall–Kier alpha value is -2.23. The predicted molar refractivity (Wildman–Crippen MR) is 54.2 cm³/mol. The van der Waals surface area contributed by atoms with Crippen LogP contribution in [0.25, 0.3) is 0 Å². The molecule has 2 rings (SSSR count). The van der Waals surface area contributed by atoms with Crippen molar-refractivity contribution in [2.75, 3.05) is 0 Å². The Morgan fingerprint density at radius 1 is 1.13 bits per heavy atom. The first kappa shape index (κ1) is 9.33. The molecule has 0 unspecified atom stereocenters. The van der Waals surface area contributed by atoms with Gasteiger partial charge in [0.1, 0.15) is 5.75 Å². The molecule has 76 valence electrons. The molecule has 4 heteroatoms. The first-order valence-electron chi connectivity index (χ1n) is 4.37. The molecule has 0 atom stereocenters. The standard InChI is InChI=1S/C11H9NO3/c13-9-5-2-1-4-8(9)11(12-14)10-6-3-7-15-10/h1-7,13-14H/b12-11-. The maximum absolute atomic E-state index is 9.58. The summed E-state index contributed by atoms with van der Waals surface area (Å²) in [6.45, 7) is 0. The van der Waals surface area contributed by atoms with Crippen molar-refractivity contribution >= 4 is 5.71 Å². The Balaban J connectivity index is 2.50. The number of rotatable bonds is 2. The van der Waals surface area contributed by atoms with Crippen molar-refractivity contribution in [1.82, 2.24) is 0 Å². The van der Waals surface area contributed by atoms with Crippen LogP contribution in [0.4, 0.5) is 0 Å². The van der Waals surface area contributed by atoms with Gasteiger partial charge in [0.05, 0.1) is 6.26 Å². The Labute approximate surface area is 86.1 Å². The number of oxime groups is 1. The van der Waals surface area contributed by atoms with E-state index in [1.807, 2.05) is 0 Å². The van der Waals surface area contributed by atoms with Gasteiger partial charge in [-0.1, -0.05) is 17.3 Å². The minimum absolute atomic E-state index is 0.0432. The summed E-state index contributed by atoms with van der Waals surface area (Å²) in [6.07, 6.45) is 1.47. The number of phenolic OH excluding ortho intramolecular Hbond substituents is 1. The Bertz CT molecular complexity index is 474. The van der Waals surface area contributed by atoms with Crippen molar-refractivity contribution in [3.8, 4) is 5.75 Å². The van der Waals surface area contributed by atoms with Crippen molar-refractivity contribution in [2.24, 2.45) is 5.16 Å². The molecule has 0 fully saturated rings. The molecule has 1 heterocycles. The zero-order valence-electron chi connectivity index (χ0n) is 7.79. The number of furan rings is 1. The lowest BCUT2D eigenvalue weighted by Crippen LogP contribution is -2.01. The van der Waals surface area contributed by atoms with E-state index in [-0.39, 0.29) is 11.5 Å². The quantitative estimate of drug-likeness (QED) is 0.446. The lowest BCUT2D eigenvalue weighted by Gasteiger charge is -2.03. The van der Waals surface area contributed by atoms with E-state index >= 15 is 0 Å². The van der Waals surface area contributed by atoms with Gasteiger partial charge >= 0.3 is 0 Å². The second-order valence-corrected chi connectivity index (χ2v) is 2.94. The summed E-state index contributed by atoms with van der Waals surface area (Å²) < 4.78 is 5.09. The van der Waals surface area contributed by atoms with Gasteiger partial charge in [-0.15, -0.1) is 0 Å². The third-order valence-electron chi connectivity index (χ3n) is 2.01. The second kappa shape index (κ2) is 3.88. The van der Waals surface area contributed by atoms with Crippen LogP contribution >= 0.6 is 0 Å². The van der Waals surface area contributed by atoms with Gasteiger partial charge in [0.15, 0.2) is 11.5 Å². The smallest absolute Gasteiger partial charge is 0.156 e. The molecular formula is C11H9NO3. The molecule has 1 aromatic heterocycles. The number of phenols is 1. The van der Waals surface area contributed by atoms with Gasteiger partial charge < -0.3 is 14.7 Å². The van der Waals surface area contributed by atoms with E-state index in [1.165, 1.54) is 12.3 Å². The first-order chi connectivity index (χ1) is 7.33. The largest absolute Gasteiger partial charge is 0.507 e. The fraction of sp³-hybridized carbons (Fsp3) is 0. The monoisotopic (exact) mass is 203 g/mol. The third kappa shape index (κ3) is 1.69. The van der Waals surface area contributed by atoms with Gasteiger partial charge in [0.2, 0.25) is 0 Å². The third-order valence-corrected chi connectivity index (χ3v) is 2.01. The SMILES string of the molecule is O/N=C(\c1ccco1)c1ccccc1O. The number of hydrogen-bond donors (Lipinski definition) is 2. The molecule has 1 aromatic carbocycles. The van der Waals surface area contributed by atoms with Crippen LogP contribution in [0.1, 0.15) is 11.3 Å². The van der Waals surface area contributed by atoms with E-state index in [1.54, 1.807) is 30.3 Å². The van der Waals surface area contributed by atoms with Crippen molar-refractivity contribution in [3.63, 3.8) is 0 Å². The Morgan fingerprint density at radius 2 is 1.93 bits per heavy atom. The molecule has 0 amide bonds. The molecule has 0 bridgehead atoms. The fourth-order valence-corrected chi connectivity index (χ4v) is 1.32. The number of aromatic hydroxyl groups is 1. The molecule has 0 spiro atoms. The predicted octanol–water partition coefficient (Wildman–Crippen LogP) is 2.21. The summed E-state index contributed by atoms with van der Waals surface area (Å²) in [6, 6.07) is 9.93. The summed E-state index contributed by atoms with van der Waals surface area (Å²) >= 11 is 0. The zero-order chi connectivity index (χ0) is 10.7. The van der Waals surface area contributed by atoms with Gasteiger partial charge in [0, 0.05) is 5.56 Å². The molecule has 0 aliphatic heterocycles. The molecule has 0 aliphatic carbocycles. The minimum atomic E-state index is 0.0432. The highest BCUT2D eigenvalue weighted by atomic mass is 16.4. The van der Waals surface area contributed by atoms with Crippen molar-refractivity contribution in [2.45, 2.75) is 0 Å². The molecular weight excluding hydrogens is 194 g/mol. The number of para-hydroxylation sites is 1. The molecule has 15 heavy (non-hydrogen) atoms. The number of hydrogen-bond acceptors (Lipinski definition) is 4. The minimum Gasteiger partial charge on any atom is -0.507 e. The lowest BCUT2D eigenvalue weighted by atomic mass is 10.1. The highest BCUT2D eigenvalue weighted by Gasteiger charge is 2.13. The van der Waals surface area contributed by atoms with Crippen molar-refractivity contribution in [3.05, 3.63) is 54.0 Å². The Kier molecular flexibility index (Phi) is 2.41. The fourth-order valence-electron chi connectivity index (χ4n) is 1.32. The molecule has 2 N–H and O–H groups in total. The average Bonchev–Trinajstić information content (AvgIpc) is 2.75. The zero-order valence-corrected chi connectivity index (χ0v) is 7.79. The summed E-state index contributed by atoms with van der Waals surface area (Å²) in [5.74, 6) is 0.445. The van der Waals surface area contributed by atoms with Crippen molar-refractivity contribution < 1.29 is 14.7 Å². The normalized spacial score (nSPS) is 11.6. The van der Waals surface area contributed by atoms with Crippen LogP contribution in [0.3, 0.4) is 0 Å².